The lowest BCUT2D eigenvalue weighted by molar-refractivity contribution is -0.118. The lowest BCUT2D eigenvalue weighted by atomic mass is 10.1. The van der Waals surface area contributed by atoms with Gasteiger partial charge in [0.2, 0.25) is 0 Å². The van der Waals surface area contributed by atoms with E-state index in [9.17, 15) is 9.59 Å². The summed E-state index contributed by atoms with van der Waals surface area (Å²) in [5, 5.41) is 2.79. The summed E-state index contributed by atoms with van der Waals surface area (Å²) in [5.41, 5.74) is 4.22. The van der Waals surface area contributed by atoms with E-state index < -0.39 is 0 Å². The van der Waals surface area contributed by atoms with Crippen molar-refractivity contribution in [3.8, 4) is 5.75 Å². The number of anilines is 1. The number of nitrogens with one attached hydrogen (secondary N) is 1. The Kier molecular flexibility index (Phi) is 6.86. The van der Waals surface area contributed by atoms with Crippen molar-refractivity contribution in [2.24, 2.45) is 0 Å². The van der Waals surface area contributed by atoms with Gasteiger partial charge < -0.3 is 15.0 Å². The van der Waals surface area contributed by atoms with Crippen LogP contribution in [0.25, 0.3) is 0 Å². The van der Waals surface area contributed by atoms with Crippen molar-refractivity contribution in [3.05, 3.63) is 95.1 Å². The topological polar surface area (TPSA) is 58.6 Å². The number of nitrogens with zero attached hydrogens (tertiary/aromatic N) is 1. The van der Waals surface area contributed by atoms with Gasteiger partial charge in [0.25, 0.3) is 11.8 Å². The lowest BCUT2D eigenvalue weighted by Crippen LogP contribution is -2.28. The highest BCUT2D eigenvalue weighted by atomic mass is 16.5. The van der Waals surface area contributed by atoms with Gasteiger partial charge in [-0.2, -0.15) is 0 Å². The summed E-state index contributed by atoms with van der Waals surface area (Å²) in [5.74, 6) is 0.157. The van der Waals surface area contributed by atoms with E-state index in [1.807, 2.05) is 62.4 Å². The van der Waals surface area contributed by atoms with Crippen molar-refractivity contribution in [2.45, 2.75) is 20.4 Å². The van der Waals surface area contributed by atoms with Crippen LogP contribution in [0.5, 0.6) is 5.75 Å². The average Bonchev–Trinajstić information content (AvgIpc) is 2.75. The molecule has 0 aliphatic carbocycles. The molecule has 3 rings (SSSR count). The molecular weight excluding hydrogens is 376 g/mol. The molecule has 0 bridgehead atoms. The Morgan fingerprint density at radius 3 is 2.33 bits per heavy atom. The van der Waals surface area contributed by atoms with Gasteiger partial charge in [0.05, 0.1) is 11.3 Å². The van der Waals surface area contributed by atoms with E-state index >= 15 is 0 Å². The van der Waals surface area contributed by atoms with Crippen LogP contribution in [0.3, 0.4) is 0 Å². The molecule has 0 atom stereocenters. The summed E-state index contributed by atoms with van der Waals surface area (Å²) < 4.78 is 5.60. The highest BCUT2D eigenvalue weighted by molar-refractivity contribution is 6.03. The Labute approximate surface area is 177 Å². The zero-order chi connectivity index (χ0) is 21.5. The molecule has 154 valence electrons. The predicted molar refractivity (Wildman–Crippen MR) is 119 cm³/mol. The van der Waals surface area contributed by atoms with Crippen molar-refractivity contribution in [1.82, 2.24) is 4.90 Å². The fourth-order valence-electron chi connectivity index (χ4n) is 3.05. The van der Waals surface area contributed by atoms with Crippen LogP contribution >= 0.6 is 0 Å². The molecule has 3 aromatic rings. The Morgan fingerprint density at radius 2 is 1.60 bits per heavy atom. The molecule has 5 heteroatoms. The molecule has 0 unspecified atom stereocenters. The summed E-state index contributed by atoms with van der Waals surface area (Å²) in [4.78, 5) is 27.0. The van der Waals surface area contributed by atoms with Crippen LogP contribution in [0, 0.1) is 13.8 Å². The third kappa shape index (κ3) is 5.47. The maximum atomic E-state index is 12.9. The smallest absolute Gasteiger partial charge is 0.262 e. The van der Waals surface area contributed by atoms with Crippen LogP contribution in [0.15, 0.2) is 72.8 Å². The van der Waals surface area contributed by atoms with E-state index in [4.69, 9.17) is 4.74 Å². The second-order valence-corrected chi connectivity index (χ2v) is 7.28. The molecular formula is C25H26N2O3. The highest BCUT2D eigenvalue weighted by Crippen LogP contribution is 2.19. The molecule has 0 aliphatic heterocycles. The van der Waals surface area contributed by atoms with Crippen LogP contribution in [0.1, 0.15) is 27.0 Å². The zero-order valence-electron chi connectivity index (χ0n) is 17.5. The van der Waals surface area contributed by atoms with E-state index in [0.717, 1.165) is 11.1 Å². The maximum Gasteiger partial charge on any atom is 0.262 e. The minimum atomic E-state index is -0.320. The van der Waals surface area contributed by atoms with E-state index in [-0.39, 0.29) is 18.4 Å². The molecule has 0 fully saturated rings. The number of carbonyl (C=O) groups is 2. The van der Waals surface area contributed by atoms with Crippen LogP contribution in [0.4, 0.5) is 5.69 Å². The van der Waals surface area contributed by atoms with Crippen molar-refractivity contribution in [3.63, 3.8) is 0 Å². The molecule has 0 aromatic heterocycles. The number of hydrogen-bond acceptors (Lipinski definition) is 3. The maximum absolute atomic E-state index is 12.9. The molecule has 0 spiro atoms. The first kappa shape index (κ1) is 21.1. The third-order valence-electron chi connectivity index (χ3n) is 4.89. The number of rotatable bonds is 7. The minimum Gasteiger partial charge on any atom is -0.484 e. The van der Waals surface area contributed by atoms with Gasteiger partial charge in [0.15, 0.2) is 6.61 Å². The molecule has 0 saturated carbocycles. The first-order valence-electron chi connectivity index (χ1n) is 9.82. The Balaban J connectivity index is 1.64. The number of aryl methyl sites for hydroxylation is 2. The fourth-order valence-corrected chi connectivity index (χ4v) is 3.05. The summed E-state index contributed by atoms with van der Waals surface area (Å²) in [7, 11) is 1.75. The number of ether oxygens (including phenoxy) is 1. The Morgan fingerprint density at radius 1 is 0.900 bits per heavy atom. The van der Waals surface area contributed by atoms with Crippen molar-refractivity contribution >= 4 is 17.5 Å². The standard InChI is InChI=1S/C25H26N2O3/c1-18-13-14-21(15-19(18)2)30-17-24(28)26-23-12-8-7-11-22(23)25(29)27(3)16-20-9-5-4-6-10-20/h4-15H,16-17H2,1-3H3,(H,26,28). The number of carbonyl (C=O) groups excluding carboxylic acids is 2. The van der Waals surface area contributed by atoms with Gasteiger partial charge in [-0.3, -0.25) is 9.59 Å². The predicted octanol–water partition coefficient (Wildman–Crippen LogP) is 4.59. The average molecular weight is 402 g/mol. The summed E-state index contributed by atoms with van der Waals surface area (Å²) in [6.45, 7) is 4.37. The molecule has 2 amide bonds. The molecule has 0 saturated heterocycles. The summed E-state index contributed by atoms with van der Waals surface area (Å²) in [6, 6.07) is 22.5. The molecule has 5 nitrogen and oxygen atoms in total. The van der Waals surface area contributed by atoms with Gasteiger partial charge in [-0.25, -0.2) is 0 Å². The fraction of sp³-hybridized carbons (Fsp3) is 0.200. The van der Waals surface area contributed by atoms with Crippen molar-refractivity contribution in [1.29, 1.82) is 0 Å². The quantitative estimate of drug-likeness (QED) is 0.629. The normalized spacial score (nSPS) is 10.4. The second kappa shape index (κ2) is 9.74. The van der Waals surface area contributed by atoms with Crippen LogP contribution < -0.4 is 10.1 Å². The second-order valence-electron chi connectivity index (χ2n) is 7.28. The monoisotopic (exact) mass is 402 g/mol. The van der Waals surface area contributed by atoms with Crippen LogP contribution in [-0.4, -0.2) is 30.4 Å². The van der Waals surface area contributed by atoms with Crippen LogP contribution in [-0.2, 0) is 11.3 Å². The van der Waals surface area contributed by atoms with E-state index in [2.05, 4.69) is 5.32 Å². The lowest BCUT2D eigenvalue weighted by Gasteiger charge is -2.19. The van der Waals surface area contributed by atoms with Gasteiger partial charge >= 0.3 is 0 Å². The SMILES string of the molecule is Cc1ccc(OCC(=O)Nc2ccccc2C(=O)N(C)Cc2ccccc2)cc1C. The van der Waals surface area contributed by atoms with Crippen molar-refractivity contribution in [2.75, 3.05) is 19.0 Å². The molecule has 30 heavy (non-hydrogen) atoms. The van der Waals surface area contributed by atoms with E-state index in [0.29, 0.717) is 23.5 Å². The molecule has 1 N–H and O–H groups in total. The zero-order valence-corrected chi connectivity index (χ0v) is 17.5. The first-order chi connectivity index (χ1) is 14.4. The summed E-state index contributed by atoms with van der Waals surface area (Å²) in [6.07, 6.45) is 0. The first-order valence-corrected chi connectivity index (χ1v) is 9.82. The molecule has 0 radical (unpaired) electrons. The van der Waals surface area contributed by atoms with Gasteiger partial charge in [0.1, 0.15) is 5.75 Å². The summed E-state index contributed by atoms with van der Waals surface area (Å²) >= 11 is 0. The Bertz CT molecular complexity index is 1030. The van der Waals surface area contributed by atoms with Gasteiger partial charge in [-0.15, -0.1) is 0 Å². The van der Waals surface area contributed by atoms with E-state index in [1.165, 1.54) is 5.56 Å². The largest absolute Gasteiger partial charge is 0.484 e. The minimum absolute atomic E-state index is 0.134. The number of amides is 2. The Hall–Kier alpha value is -3.60. The van der Waals surface area contributed by atoms with Gasteiger partial charge in [-0.1, -0.05) is 48.5 Å². The van der Waals surface area contributed by atoms with Gasteiger partial charge in [-0.05, 0) is 54.8 Å². The molecule has 0 heterocycles. The number of para-hydroxylation sites is 1. The number of benzene rings is 3. The molecule has 3 aromatic carbocycles. The van der Waals surface area contributed by atoms with Gasteiger partial charge in [0, 0.05) is 13.6 Å². The van der Waals surface area contributed by atoms with E-state index in [1.54, 1.807) is 36.2 Å². The number of hydrogen-bond donors (Lipinski definition) is 1. The van der Waals surface area contributed by atoms with Crippen molar-refractivity contribution < 1.29 is 14.3 Å². The highest BCUT2D eigenvalue weighted by Gasteiger charge is 2.17. The molecule has 0 aliphatic rings. The third-order valence-corrected chi connectivity index (χ3v) is 4.89. The van der Waals surface area contributed by atoms with Crippen LogP contribution in [0.2, 0.25) is 0 Å².